The number of nitrogens with zero attached hydrogens (tertiary/aromatic N) is 4. The Morgan fingerprint density at radius 3 is 2.57 bits per heavy atom. The fourth-order valence-corrected chi connectivity index (χ4v) is 6.19. The molecule has 13 heteroatoms. The molecule has 11 nitrogen and oxygen atoms in total. The first kappa shape index (κ1) is 31.9. The number of ether oxygens (including phenoxy) is 2. The highest BCUT2D eigenvalue weighted by Crippen LogP contribution is 2.39. The van der Waals surface area contributed by atoms with Gasteiger partial charge in [0.1, 0.15) is 35.8 Å². The lowest BCUT2D eigenvalue weighted by atomic mass is 10.0. The molecule has 2 aliphatic rings. The summed E-state index contributed by atoms with van der Waals surface area (Å²) in [6.45, 7) is 11.6. The average molecular weight is 628 g/mol. The highest BCUT2D eigenvalue weighted by Gasteiger charge is 2.33. The number of likely N-dealkylation sites (tertiary alicyclic amines) is 1. The van der Waals surface area contributed by atoms with Gasteiger partial charge >= 0.3 is 6.09 Å². The lowest BCUT2D eigenvalue weighted by Crippen LogP contribution is -2.55. The molecule has 3 heterocycles. The predicted octanol–water partition coefficient (Wildman–Crippen LogP) is 4.80. The van der Waals surface area contributed by atoms with Crippen LogP contribution in [0.1, 0.15) is 40.9 Å². The number of carbonyl (C=O) groups excluding carboxylic acids is 1. The van der Waals surface area contributed by atoms with E-state index in [1.54, 1.807) is 13.0 Å². The minimum atomic E-state index is -1.35. The van der Waals surface area contributed by atoms with Gasteiger partial charge in [0, 0.05) is 38.5 Å². The number of aliphatic hydroxyl groups excluding tert-OH is 1. The van der Waals surface area contributed by atoms with Gasteiger partial charge in [0.2, 0.25) is 0 Å². The van der Waals surface area contributed by atoms with Crippen molar-refractivity contribution >= 4 is 31.1 Å². The molecule has 2 amide bonds. The SMILES string of the molecule is Cc1cc(-c2ncnc3c(C(=O)NC4CCN(C(=O)O)CC4O)c(C)n(COCC[Si](C)(C)C)c23)c(OCC2CC2)cc1F. The van der Waals surface area contributed by atoms with E-state index in [2.05, 4.69) is 34.9 Å². The third-order valence-corrected chi connectivity index (χ3v) is 10.1. The van der Waals surface area contributed by atoms with Crippen molar-refractivity contribution in [3.63, 3.8) is 0 Å². The molecule has 1 saturated carbocycles. The third-order valence-electron chi connectivity index (χ3n) is 8.40. The van der Waals surface area contributed by atoms with Crippen LogP contribution in [-0.4, -0.2) is 88.2 Å². The summed E-state index contributed by atoms with van der Waals surface area (Å²) >= 11 is 0. The molecular formula is C31H42FN5O6Si. The van der Waals surface area contributed by atoms with Crippen molar-refractivity contribution < 1.29 is 33.7 Å². The second-order valence-corrected chi connectivity index (χ2v) is 18.8. The number of β-amino-alcohol motifs (C(OH)–C–C–N with tert-alkyl or cyclic N) is 1. The molecule has 2 fully saturated rings. The number of rotatable bonds is 11. The van der Waals surface area contributed by atoms with Crippen molar-refractivity contribution in [3.8, 4) is 17.0 Å². The molecule has 2 atom stereocenters. The van der Waals surface area contributed by atoms with Gasteiger partial charge in [-0.2, -0.15) is 0 Å². The Kier molecular flexibility index (Phi) is 9.28. The highest BCUT2D eigenvalue weighted by atomic mass is 28.3. The number of aryl methyl sites for hydroxylation is 1. The maximum Gasteiger partial charge on any atom is 0.407 e. The van der Waals surface area contributed by atoms with E-state index in [-0.39, 0.29) is 32.1 Å². The van der Waals surface area contributed by atoms with E-state index in [0.29, 0.717) is 64.0 Å². The number of fused-ring (bicyclic) bond motifs is 1. The van der Waals surface area contributed by atoms with Crippen LogP contribution in [0.4, 0.5) is 9.18 Å². The molecule has 3 N–H and O–H groups in total. The summed E-state index contributed by atoms with van der Waals surface area (Å²) in [7, 11) is -1.35. The van der Waals surface area contributed by atoms with Gasteiger partial charge < -0.3 is 34.5 Å². The van der Waals surface area contributed by atoms with Crippen LogP contribution < -0.4 is 10.1 Å². The van der Waals surface area contributed by atoms with E-state index in [4.69, 9.17) is 9.47 Å². The molecule has 1 aromatic carbocycles. The molecule has 2 unspecified atom stereocenters. The summed E-state index contributed by atoms with van der Waals surface area (Å²) in [6.07, 6.45) is 1.66. The van der Waals surface area contributed by atoms with Crippen LogP contribution in [0.5, 0.6) is 5.75 Å². The molecule has 3 aromatic rings. The monoisotopic (exact) mass is 627 g/mol. The number of piperidine rings is 1. The van der Waals surface area contributed by atoms with Crippen molar-refractivity contribution in [1.82, 2.24) is 24.8 Å². The zero-order valence-electron chi connectivity index (χ0n) is 26.0. The molecule has 1 aliphatic carbocycles. The van der Waals surface area contributed by atoms with E-state index in [1.807, 2.05) is 11.5 Å². The van der Waals surface area contributed by atoms with Crippen molar-refractivity contribution in [2.24, 2.45) is 5.92 Å². The molecule has 1 saturated heterocycles. The van der Waals surface area contributed by atoms with Gasteiger partial charge in [-0.05, 0) is 56.7 Å². The normalized spacial score (nSPS) is 18.9. The fraction of sp³-hybridized carbons (Fsp3) is 0.548. The minimum absolute atomic E-state index is 0.0914. The third kappa shape index (κ3) is 7.05. The molecule has 2 aromatic heterocycles. The Morgan fingerprint density at radius 2 is 1.91 bits per heavy atom. The summed E-state index contributed by atoms with van der Waals surface area (Å²) in [5.41, 5.74) is 3.40. The Morgan fingerprint density at radius 1 is 1.16 bits per heavy atom. The van der Waals surface area contributed by atoms with Crippen molar-refractivity contribution in [1.29, 1.82) is 0 Å². The van der Waals surface area contributed by atoms with E-state index in [9.17, 15) is 24.2 Å². The first-order valence-corrected chi connectivity index (χ1v) is 18.9. The van der Waals surface area contributed by atoms with Crippen LogP contribution in [0.15, 0.2) is 18.5 Å². The number of hydrogen-bond acceptors (Lipinski definition) is 7. The summed E-state index contributed by atoms with van der Waals surface area (Å²) in [6, 6.07) is 3.44. The van der Waals surface area contributed by atoms with Crippen molar-refractivity contribution in [2.75, 3.05) is 26.3 Å². The van der Waals surface area contributed by atoms with E-state index in [1.165, 1.54) is 12.4 Å². The van der Waals surface area contributed by atoms with Crippen LogP contribution in [0.25, 0.3) is 22.3 Å². The van der Waals surface area contributed by atoms with E-state index < -0.39 is 32.2 Å². The van der Waals surface area contributed by atoms with Gasteiger partial charge in [0.25, 0.3) is 5.91 Å². The second-order valence-electron chi connectivity index (χ2n) is 13.2. The summed E-state index contributed by atoms with van der Waals surface area (Å²) in [4.78, 5) is 35.5. The van der Waals surface area contributed by atoms with Gasteiger partial charge in [-0.15, -0.1) is 0 Å². The van der Waals surface area contributed by atoms with Crippen LogP contribution in [0.3, 0.4) is 0 Å². The predicted molar refractivity (Wildman–Crippen MR) is 166 cm³/mol. The van der Waals surface area contributed by atoms with Gasteiger partial charge in [-0.3, -0.25) is 4.79 Å². The number of halogens is 1. The van der Waals surface area contributed by atoms with Gasteiger partial charge in [-0.25, -0.2) is 19.2 Å². The molecule has 44 heavy (non-hydrogen) atoms. The lowest BCUT2D eigenvalue weighted by molar-refractivity contribution is 0.0391. The fourth-order valence-electron chi connectivity index (χ4n) is 5.43. The number of aromatic nitrogens is 3. The lowest BCUT2D eigenvalue weighted by Gasteiger charge is -2.34. The molecule has 238 valence electrons. The number of amides is 2. The molecule has 0 radical (unpaired) electrons. The maximum absolute atomic E-state index is 14.8. The number of carboxylic acid groups (broad SMARTS) is 1. The zero-order valence-corrected chi connectivity index (χ0v) is 27.0. The number of nitrogens with one attached hydrogen (secondary N) is 1. The summed E-state index contributed by atoms with van der Waals surface area (Å²) in [5.74, 6) is 0.0193. The number of benzene rings is 1. The number of carbonyl (C=O) groups is 2. The smallest absolute Gasteiger partial charge is 0.407 e. The van der Waals surface area contributed by atoms with Crippen LogP contribution in [0.2, 0.25) is 25.7 Å². The molecular weight excluding hydrogens is 585 g/mol. The van der Waals surface area contributed by atoms with Crippen LogP contribution >= 0.6 is 0 Å². The Hall–Kier alpha value is -3.55. The number of aliphatic hydroxyl groups is 1. The van der Waals surface area contributed by atoms with Gasteiger partial charge in [-0.1, -0.05) is 19.6 Å². The summed E-state index contributed by atoms with van der Waals surface area (Å²) in [5, 5.41) is 22.8. The van der Waals surface area contributed by atoms with Crippen LogP contribution in [-0.2, 0) is 11.5 Å². The first-order valence-electron chi connectivity index (χ1n) is 15.2. The topological polar surface area (TPSA) is 139 Å². The quantitative estimate of drug-likeness (QED) is 0.204. The Balaban J connectivity index is 1.55. The van der Waals surface area contributed by atoms with Gasteiger partial charge in [0.15, 0.2) is 0 Å². The minimum Gasteiger partial charge on any atom is -0.492 e. The largest absolute Gasteiger partial charge is 0.492 e. The van der Waals surface area contributed by atoms with Crippen molar-refractivity contribution in [2.45, 2.75) is 77.7 Å². The maximum atomic E-state index is 14.8. The standard InChI is InChI=1S/C31H42FN5O6Si/c1-18-12-21(25(13-22(18)32)43-15-20-6-7-20)27-29-28(34-16-33-27)26(19(2)37(29)17-42-10-11-44(3,4)5)30(39)35-23-8-9-36(31(40)41)14-24(23)38/h12-13,16,20,23-24,38H,6-11,14-15,17H2,1-5H3,(H,35,39)(H,40,41). The number of hydrogen-bond donors (Lipinski definition) is 3. The Labute approximate surface area is 257 Å². The first-order chi connectivity index (χ1) is 20.8. The molecule has 5 rings (SSSR count). The van der Waals surface area contributed by atoms with Crippen molar-refractivity contribution in [3.05, 3.63) is 41.1 Å². The Bertz CT molecular complexity index is 1550. The summed E-state index contributed by atoms with van der Waals surface area (Å²) < 4.78 is 28.9. The molecule has 0 spiro atoms. The van der Waals surface area contributed by atoms with Gasteiger partial charge in [0.05, 0.1) is 36.4 Å². The average Bonchev–Trinajstić information content (AvgIpc) is 3.74. The molecule has 1 aliphatic heterocycles. The zero-order chi connectivity index (χ0) is 31.8. The second kappa shape index (κ2) is 12.8. The van der Waals surface area contributed by atoms with Crippen LogP contribution in [0, 0.1) is 25.6 Å². The highest BCUT2D eigenvalue weighted by molar-refractivity contribution is 6.76. The van der Waals surface area contributed by atoms with E-state index >= 15 is 0 Å². The van der Waals surface area contributed by atoms with E-state index in [0.717, 1.165) is 23.8 Å². The molecule has 0 bridgehead atoms.